The molecule has 0 amide bonds. The van der Waals surface area contributed by atoms with E-state index in [1.54, 1.807) is 19.2 Å². The van der Waals surface area contributed by atoms with Crippen LogP contribution >= 0.6 is 0 Å². The van der Waals surface area contributed by atoms with Gasteiger partial charge in [-0.25, -0.2) is 0 Å². The molecule has 0 radical (unpaired) electrons. The van der Waals surface area contributed by atoms with Gasteiger partial charge in [-0.2, -0.15) is 0 Å². The van der Waals surface area contributed by atoms with E-state index in [-0.39, 0.29) is 11.8 Å². The fourth-order valence-corrected chi connectivity index (χ4v) is 2.25. The zero-order chi connectivity index (χ0) is 15.2. The highest BCUT2D eigenvalue weighted by Crippen LogP contribution is 2.23. The predicted molar refractivity (Wildman–Crippen MR) is 85.7 cm³/mol. The number of benzene rings is 2. The van der Waals surface area contributed by atoms with Crippen molar-refractivity contribution in [2.45, 2.75) is 32.9 Å². The van der Waals surface area contributed by atoms with Gasteiger partial charge in [-0.05, 0) is 42.7 Å². The van der Waals surface area contributed by atoms with E-state index in [9.17, 15) is 5.11 Å². The summed E-state index contributed by atoms with van der Waals surface area (Å²) in [5.41, 5.74) is 3.43. The normalized spacial score (nSPS) is 12.1. The van der Waals surface area contributed by atoms with Crippen molar-refractivity contribution < 1.29 is 9.84 Å². The Morgan fingerprint density at radius 1 is 1.14 bits per heavy atom. The molecule has 1 unspecified atom stereocenters. The number of ether oxygens (including phenoxy) is 1. The smallest absolute Gasteiger partial charge is 0.120 e. The van der Waals surface area contributed by atoms with Crippen LogP contribution in [0.2, 0.25) is 0 Å². The van der Waals surface area contributed by atoms with E-state index < -0.39 is 0 Å². The maximum absolute atomic E-state index is 9.89. The lowest BCUT2D eigenvalue weighted by molar-refractivity contribution is 0.409. The molecular formula is C18H23NO2. The van der Waals surface area contributed by atoms with Crippen LogP contribution in [-0.4, -0.2) is 12.2 Å². The second-order valence-electron chi connectivity index (χ2n) is 5.19. The maximum atomic E-state index is 9.89. The van der Waals surface area contributed by atoms with Crippen LogP contribution in [0.3, 0.4) is 0 Å². The summed E-state index contributed by atoms with van der Waals surface area (Å²) in [5.74, 6) is 1.04. The number of nitrogens with one attached hydrogen (secondary N) is 1. The van der Waals surface area contributed by atoms with Crippen molar-refractivity contribution in [3.63, 3.8) is 0 Å². The lowest BCUT2D eigenvalue weighted by Crippen LogP contribution is -2.18. The summed E-state index contributed by atoms with van der Waals surface area (Å²) in [7, 11) is 1.63. The number of aromatic hydroxyl groups is 1. The van der Waals surface area contributed by atoms with Crippen LogP contribution in [0.1, 0.15) is 36.6 Å². The third-order valence-electron chi connectivity index (χ3n) is 3.77. The van der Waals surface area contributed by atoms with E-state index in [1.165, 1.54) is 11.1 Å². The van der Waals surface area contributed by atoms with Gasteiger partial charge in [0.05, 0.1) is 7.11 Å². The summed E-state index contributed by atoms with van der Waals surface area (Å²) in [5, 5.41) is 13.3. The van der Waals surface area contributed by atoms with Crippen LogP contribution in [0.5, 0.6) is 11.5 Å². The van der Waals surface area contributed by atoms with Crippen LogP contribution in [0, 0.1) is 0 Å². The van der Waals surface area contributed by atoms with Crippen molar-refractivity contribution in [1.29, 1.82) is 0 Å². The van der Waals surface area contributed by atoms with Crippen molar-refractivity contribution in [2.24, 2.45) is 0 Å². The molecule has 0 saturated carbocycles. The molecule has 2 N–H and O–H groups in total. The molecule has 0 aliphatic heterocycles. The molecule has 0 fully saturated rings. The first kappa shape index (κ1) is 15.4. The van der Waals surface area contributed by atoms with Gasteiger partial charge in [-0.3, -0.25) is 0 Å². The summed E-state index contributed by atoms with van der Waals surface area (Å²) in [6, 6.07) is 14.1. The van der Waals surface area contributed by atoms with Crippen molar-refractivity contribution in [3.8, 4) is 11.5 Å². The monoisotopic (exact) mass is 285 g/mol. The summed E-state index contributed by atoms with van der Waals surface area (Å²) < 4.78 is 5.19. The third kappa shape index (κ3) is 3.99. The number of hydrogen-bond donors (Lipinski definition) is 2. The molecule has 0 aliphatic carbocycles. The van der Waals surface area contributed by atoms with Gasteiger partial charge >= 0.3 is 0 Å². The van der Waals surface area contributed by atoms with E-state index in [4.69, 9.17) is 4.74 Å². The van der Waals surface area contributed by atoms with Crippen molar-refractivity contribution in [2.75, 3.05) is 7.11 Å². The Kier molecular flexibility index (Phi) is 5.23. The molecule has 0 aromatic heterocycles. The molecule has 2 aromatic carbocycles. The highest BCUT2D eigenvalue weighted by Gasteiger charge is 2.08. The molecule has 0 spiro atoms. The molecular weight excluding hydrogens is 262 g/mol. The zero-order valence-electron chi connectivity index (χ0n) is 12.9. The SMILES string of the molecule is CCc1ccc(C(C)NCc2cc(OC)ccc2O)cc1. The molecule has 3 heteroatoms. The second kappa shape index (κ2) is 7.14. The Hall–Kier alpha value is -2.00. The standard InChI is InChI=1S/C18H23NO2/c1-4-14-5-7-15(8-6-14)13(2)19-12-16-11-17(21-3)9-10-18(16)20/h5-11,13,19-20H,4,12H2,1-3H3. The Labute approximate surface area is 126 Å². The van der Waals surface area contributed by atoms with Crippen LogP contribution in [0.25, 0.3) is 0 Å². The summed E-state index contributed by atoms with van der Waals surface area (Å²) in [6.07, 6.45) is 1.06. The highest BCUT2D eigenvalue weighted by molar-refractivity contribution is 5.39. The number of aryl methyl sites for hydroxylation is 1. The third-order valence-corrected chi connectivity index (χ3v) is 3.77. The van der Waals surface area contributed by atoms with E-state index in [2.05, 4.69) is 43.4 Å². The summed E-state index contributed by atoms with van der Waals surface area (Å²) >= 11 is 0. The number of phenols is 1. The van der Waals surface area contributed by atoms with E-state index in [0.29, 0.717) is 6.54 Å². The van der Waals surface area contributed by atoms with Crippen LogP contribution in [-0.2, 0) is 13.0 Å². The fraction of sp³-hybridized carbons (Fsp3) is 0.333. The maximum Gasteiger partial charge on any atom is 0.120 e. The predicted octanol–water partition coefficient (Wildman–Crippen LogP) is 3.81. The largest absolute Gasteiger partial charge is 0.508 e. The Morgan fingerprint density at radius 3 is 2.48 bits per heavy atom. The van der Waals surface area contributed by atoms with Gasteiger partial charge in [0, 0.05) is 18.2 Å². The zero-order valence-corrected chi connectivity index (χ0v) is 12.9. The van der Waals surface area contributed by atoms with Crippen LogP contribution in [0.4, 0.5) is 0 Å². The first-order valence-electron chi connectivity index (χ1n) is 7.32. The van der Waals surface area contributed by atoms with Gasteiger partial charge in [0.15, 0.2) is 0 Å². The Balaban J connectivity index is 2.01. The van der Waals surface area contributed by atoms with Gasteiger partial charge in [0.1, 0.15) is 11.5 Å². The minimum absolute atomic E-state index is 0.224. The topological polar surface area (TPSA) is 41.5 Å². The van der Waals surface area contributed by atoms with E-state index in [0.717, 1.165) is 17.7 Å². The van der Waals surface area contributed by atoms with Gasteiger partial charge in [0.25, 0.3) is 0 Å². The minimum atomic E-state index is 0.224. The minimum Gasteiger partial charge on any atom is -0.508 e. The van der Waals surface area contributed by atoms with Crippen LogP contribution < -0.4 is 10.1 Å². The molecule has 2 aromatic rings. The first-order valence-corrected chi connectivity index (χ1v) is 7.32. The number of methoxy groups -OCH3 is 1. The van der Waals surface area contributed by atoms with Crippen molar-refractivity contribution in [1.82, 2.24) is 5.32 Å². The van der Waals surface area contributed by atoms with Crippen molar-refractivity contribution in [3.05, 3.63) is 59.2 Å². The number of phenolic OH excluding ortho intramolecular Hbond substituents is 1. The molecule has 21 heavy (non-hydrogen) atoms. The summed E-state index contributed by atoms with van der Waals surface area (Å²) in [4.78, 5) is 0. The molecule has 0 aliphatic rings. The van der Waals surface area contributed by atoms with Gasteiger partial charge in [-0.15, -0.1) is 0 Å². The quantitative estimate of drug-likeness (QED) is 0.848. The second-order valence-corrected chi connectivity index (χ2v) is 5.19. The molecule has 0 heterocycles. The highest BCUT2D eigenvalue weighted by atomic mass is 16.5. The average molecular weight is 285 g/mol. The van der Waals surface area contributed by atoms with Gasteiger partial charge in [0.2, 0.25) is 0 Å². The Morgan fingerprint density at radius 2 is 1.86 bits per heavy atom. The van der Waals surface area contributed by atoms with Crippen LogP contribution in [0.15, 0.2) is 42.5 Å². The Bertz CT molecular complexity index is 578. The molecule has 112 valence electrons. The van der Waals surface area contributed by atoms with E-state index in [1.807, 2.05) is 6.07 Å². The van der Waals surface area contributed by atoms with Gasteiger partial charge < -0.3 is 15.2 Å². The summed E-state index contributed by atoms with van der Waals surface area (Å²) in [6.45, 7) is 4.88. The van der Waals surface area contributed by atoms with E-state index >= 15 is 0 Å². The average Bonchev–Trinajstić information content (AvgIpc) is 2.54. The fourth-order valence-electron chi connectivity index (χ4n) is 2.25. The number of hydrogen-bond acceptors (Lipinski definition) is 3. The lowest BCUT2D eigenvalue weighted by Gasteiger charge is -2.16. The molecule has 0 saturated heterocycles. The molecule has 1 atom stereocenters. The molecule has 3 nitrogen and oxygen atoms in total. The first-order chi connectivity index (χ1) is 10.1. The molecule has 2 rings (SSSR count). The van der Waals surface area contributed by atoms with Gasteiger partial charge in [-0.1, -0.05) is 31.2 Å². The molecule has 0 bridgehead atoms. The lowest BCUT2D eigenvalue weighted by atomic mass is 10.0. The van der Waals surface area contributed by atoms with Crippen molar-refractivity contribution >= 4 is 0 Å². The number of rotatable bonds is 6.